The number of aryl methyl sites for hydroxylation is 2. The van der Waals surface area contributed by atoms with E-state index in [2.05, 4.69) is 15.5 Å². The molecule has 6 nitrogen and oxygen atoms in total. The molecule has 1 aromatic heterocycles. The number of ether oxygens (including phenoxy) is 1. The smallest absolute Gasteiger partial charge is 0.233 e. The van der Waals surface area contributed by atoms with Gasteiger partial charge in [-0.1, -0.05) is 29.5 Å². The summed E-state index contributed by atoms with van der Waals surface area (Å²) in [6, 6.07) is 7.94. The first kappa shape index (κ1) is 17.3. The highest BCUT2D eigenvalue weighted by Gasteiger charge is 2.16. The van der Waals surface area contributed by atoms with Gasteiger partial charge in [-0.25, -0.2) is 0 Å². The van der Waals surface area contributed by atoms with Crippen LogP contribution in [0.1, 0.15) is 18.9 Å². The quantitative estimate of drug-likeness (QED) is 0.592. The molecule has 0 aliphatic carbocycles. The number of aromatic nitrogens is 3. The van der Waals surface area contributed by atoms with Crippen molar-refractivity contribution in [3.05, 3.63) is 36.2 Å². The van der Waals surface area contributed by atoms with E-state index in [0.29, 0.717) is 13.2 Å². The third-order valence-corrected chi connectivity index (χ3v) is 4.38. The zero-order chi connectivity index (χ0) is 16.7. The van der Waals surface area contributed by atoms with E-state index in [9.17, 15) is 4.79 Å². The van der Waals surface area contributed by atoms with Crippen molar-refractivity contribution in [3.8, 4) is 5.75 Å². The lowest BCUT2D eigenvalue weighted by Crippen LogP contribution is -2.32. The highest BCUT2D eigenvalue weighted by atomic mass is 32.2. The van der Waals surface area contributed by atoms with Crippen LogP contribution in [0.4, 0.5) is 0 Å². The van der Waals surface area contributed by atoms with Gasteiger partial charge in [-0.05, 0) is 32.4 Å². The Morgan fingerprint density at radius 3 is 2.78 bits per heavy atom. The summed E-state index contributed by atoms with van der Waals surface area (Å²) < 4.78 is 7.42. The first-order valence-corrected chi connectivity index (χ1v) is 8.42. The lowest BCUT2D eigenvalue weighted by atomic mass is 10.2. The van der Waals surface area contributed by atoms with Crippen molar-refractivity contribution in [2.75, 3.05) is 13.2 Å². The maximum atomic E-state index is 12.0. The van der Waals surface area contributed by atoms with Crippen LogP contribution in [0.3, 0.4) is 0 Å². The molecule has 2 aromatic rings. The van der Waals surface area contributed by atoms with Crippen molar-refractivity contribution in [2.24, 2.45) is 7.05 Å². The monoisotopic (exact) mass is 334 g/mol. The molecule has 0 spiro atoms. The zero-order valence-corrected chi connectivity index (χ0v) is 14.5. The molecule has 0 saturated carbocycles. The van der Waals surface area contributed by atoms with Gasteiger partial charge in [0.2, 0.25) is 5.91 Å². The fraction of sp³-hybridized carbons (Fsp3) is 0.438. The van der Waals surface area contributed by atoms with Gasteiger partial charge in [0.05, 0.1) is 11.9 Å². The van der Waals surface area contributed by atoms with E-state index >= 15 is 0 Å². The number of nitrogens with one attached hydrogen (secondary N) is 1. The van der Waals surface area contributed by atoms with Gasteiger partial charge >= 0.3 is 0 Å². The number of amides is 1. The highest BCUT2D eigenvalue weighted by Crippen LogP contribution is 2.19. The number of benzene rings is 1. The number of hydrogen-bond donors (Lipinski definition) is 1. The summed E-state index contributed by atoms with van der Waals surface area (Å²) in [6.07, 6.45) is 2.39. The molecule has 0 aliphatic rings. The van der Waals surface area contributed by atoms with Crippen molar-refractivity contribution in [2.45, 2.75) is 30.7 Å². The van der Waals surface area contributed by atoms with Gasteiger partial charge in [0.25, 0.3) is 0 Å². The van der Waals surface area contributed by atoms with E-state index in [1.807, 2.05) is 45.2 Å². The molecule has 0 bridgehead atoms. The molecule has 0 fully saturated rings. The van der Waals surface area contributed by atoms with E-state index in [-0.39, 0.29) is 11.2 Å². The summed E-state index contributed by atoms with van der Waals surface area (Å²) in [5.41, 5.74) is 1.21. The van der Waals surface area contributed by atoms with Gasteiger partial charge in [0, 0.05) is 13.6 Å². The van der Waals surface area contributed by atoms with E-state index < -0.39 is 0 Å². The van der Waals surface area contributed by atoms with Crippen LogP contribution in [-0.2, 0) is 11.8 Å². The Bertz CT molecular complexity index is 627. The Morgan fingerprint density at radius 2 is 2.13 bits per heavy atom. The zero-order valence-electron chi connectivity index (χ0n) is 13.7. The van der Waals surface area contributed by atoms with Crippen LogP contribution in [0.15, 0.2) is 35.7 Å². The van der Waals surface area contributed by atoms with Gasteiger partial charge in [0.15, 0.2) is 5.16 Å². The number of carbonyl (C=O) groups is 1. The van der Waals surface area contributed by atoms with Crippen LogP contribution in [-0.4, -0.2) is 39.1 Å². The molecule has 0 unspecified atom stereocenters. The van der Waals surface area contributed by atoms with Crippen LogP contribution >= 0.6 is 11.8 Å². The molecule has 1 amide bonds. The standard InChI is InChI=1S/C16H22N4O2S/c1-12-5-7-14(8-6-12)22-10-4-9-17-15(21)13(2)23-16-19-18-11-20(16)3/h5-8,11,13H,4,9-10H2,1-3H3,(H,17,21)/t13-/m1/s1. The van der Waals surface area contributed by atoms with E-state index in [1.165, 1.54) is 17.3 Å². The van der Waals surface area contributed by atoms with E-state index in [1.54, 1.807) is 10.9 Å². The normalized spacial score (nSPS) is 12.0. The first-order chi connectivity index (χ1) is 11.1. The summed E-state index contributed by atoms with van der Waals surface area (Å²) in [6.45, 7) is 5.07. The van der Waals surface area contributed by atoms with Crippen LogP contribution in [0.2, 0.25) is 0 Å². The third-order valence-electron chi connectivity index (χ3n) is 3.23. The summed E-state index contributed by atoms with van der Waals surface area (Å²) in [7, 11) is 1.86. The minimum Gasteiger partial charge on any atom is -0.494 e. The number of nitrogens with zero attached hydrogens (tertiary/aromatic N) is 3. The molecule has 7 heteroatoms. The second-order valence-electron chi connectivity index (χ2n) is 5.29. The topological polar surface area (TPSA) is 69.0 Å². The Labute approximate surface area is 140 Å². The van der Waals surface area contributed by atoms with Crippen LogP contribution in [0.25, 0.3) is 0 Å². The molecule has 1 atom stereocenters. The van der Waals surface area contributed by atoms with Crippen molar-refractivity contribution >= 4 is 17.7 Å². The second-order valence-corrected chi connectivity index (χ2v) is 6.60. The van der Waals surface area contributed by atoms with Crippen LogP contribution in [0, 0.1) is 6.92 Å². The van der Waals surface area contributed by atoms with Gasteiger partial charge in [-0.3, -0.25) is 4.79 Å². The van der Waals surface area contributed by atoms with Crippen molar-refractivity contribution in [3.63, 3.8) is 0 Å². The average molecular weight is 334 g/mol. The van der Waals surface area contributed by atoms with Gasteiger partial charge in [-0.15, -0.1) is 10.2 Å². The molecule has 2 rings (SSSR count). The third kappa shape index (κ3) is 5.59. The van der Waals surface area contributed by atoms with Gasteiger partial charge in [0.1, 0.15) is 12.1 Å². The lowest BCUT2D eigenvalue weighted by molar-refractivity contribution is -0.120. The average Bonchev–Trinajstić information content (AvgIpc) is 2.93. The van der Waals surface area contributed by atoms with Gasteiger partial charge in [-0.2, -0.15) is 0 Å². The highest BCUT2D eigenvalue weighted by molar-refractivity contribution is 8.00. The van der Waals surface area contributed by atoms with Crippen molar-refractivity contribution < 1.29 is 9.53 Å². The predicted molar refractivity (Wildman–Crippen MR) is 90.6 cm³/mol. The minimum absolute atomic E-state index is 0.00617. The number of carbonyl (C=O) groups excluding carboxylic acids is 1. The first-order valence-electron chi connectivity index (χ1n) is 7.54. The Balaban J connectivity index is 1.62. The summed E-state index contributed by atoms with van der Waals surface area (Å²) in [5.74, 6) is 0.849. The van der Waals surface area contributed by atoms with E-state index in [0.717, 1.165) is 17.3 Å². The van der Waals surface area contributed by atoms with Crippen LogP contribution in [0.5, 0.6) is 5.75 Å². The predicted octanol–water partition coefficient (Wildman–Crippen LogP) is 2.19. The molecule has 0 saturated heterocycles. The van der Waals surface area contributed by atoms with Crippen molar-refractivity contribution in [1.82, 2.24) is 20.1 Å². The minimum atomic E-state index is -0.212. The Morgan fingerprint density at radius 1 is 1.39 bits per heavy atom. The Kier molecular flexibility index (Phi) is 6.46. The number of thioether (sulfide) groups is 1. The molecule has 1 heterocycles. The molecule has 23 heavy (non-hydrogen) atoms. The van der Waals surface area contributed by atoms with Gasteiger partial charge < -0.3 is 14.6 Å². The number of hydrogen-bond acceptors (Lipinski definition) is 5. The molecule has 124 valence electrons. The molecule has 0 radical (unpaired) electrons. The fourth-order valence-electron chi connectivity index (χ4n) is 1.84. The summed E-state index contributed by atoms with van der Waals surface area (Å²) >= 11 is 1.39. The molecular formula is C16H22N4O2S. The van der Waals surface area contributed by atoms with Crippen LogP contribution < -0.4 is 10.1 Å². The molecule has 1 N–H and O–H groups in total. The van der Waals surface area contributed by atoms with E-state index in [4.69, 9.17) is 4.74 Å². The Hall–Kier alpha value is -2.02. The molecular weight excluding hydrogens is 312 g/mol. The summed E-state index contributed by atoms with van der Waals surface area (Å²) in [5, 5.41) is 11.2. The summed E-state index contributed by atoms with van der Waals surface area (Å²) in [4.78, 5) is 12.0. The molecule has 0 aliphatic heterocycles. The largest absolute Gasteiger partial charge is 0.494 e. The second kappa shape index (κ2) is 8.57. The van der Waals surface area contributed by atoms with Crippen molar-refractivity contribution in [1.29, 1.82) is 0 Å². The lowest BCUT2D eigenvalue weighted by Gasteiger charge is -2.11. The maximum absolute atomic E-state index is 12.0. The maximum Gasteiger partial charge on any atom is 0.233 e. The fourth-order valence-corrected chi connectivity index (χ4v) is 2.66. The number of rotatable bonds is 8. The molecule has 1 aromatic carbocycles. The SMILES string of the molecule is Cc1ccc(OCCCNC(=O)[C@@H](C)Sc2nncn2C)cc1.